The van der Waals surface area contributed by atoms with Crippen molar-refractivity contribution in [1.29, 1.82) is 0 Å². The van der Waals surface area contributed by atoms with E-state index in [2.05, 4.69) is 5.32 Å². The highest BCUT2D eigenvalue weighted by molar-refractivity contribution is 7.92. The van der Waals surface area contributed by atoms with Crippen molar-refractivity contribution in [2.75, 3.05) is 17.1 Å². The Hall–Kier alpha value is -3.07. The van der Waals surface area contributed by atoms with Crippen LogP contribution in [-0.2, 0) is 32.6 Å². The molecule has 3 aromatic carbocycles. The largest absolute Gasteiger partial charge is 0.352 e. The van der Waals surface area contributed by atoms with E-state index >= 15 is 0 Å². The predicted octanol–water partition coefficient (Wildman–Crippen LogP) is 6.47. The first kappa shape index (κ1) is 32.8. The fraction of sp³-hybridized carbons (Fsp3) is 0.394. The van der Waals surface area contributed by atoms with Gasteiger partial charge in [-0.25, -0.2) is 8.42 Å². The molecule has 1 fully saturated rings. The first-order chi connectivity index (χ1) is 20.4. The van der Waals surface area contributed by atoms with Crippen LogP contribution in [0.4, 0.5) is 5.69 Å². The number of nitrogens with zero attached hydrogens (tertiary/aromatic N) is 2. The van der Waals surface area contributed by atoms with Gasteiger partial charge in [-0.05, 0) is 67.1 Å². The molecule has 1 aliphatic rings. The monoisotopic (exact) mass is 643 g/mol. The van der Waals surface area contributed by atoms with Gasteiger partial charge in [0, 0.05) is 29.1 Å². The molecule has 0 saturated heterocycles. The highest BCUT2D eigenvalue weighted by Crippen LogP contribution is 2.27. The number of halogens is 2. The maximum absolute atomic E-state index is 14.4. The molecule has 1 atom stereocenters. The van der Waals surface area contributed by atoms with E-state index in [0.717, 1.165) is 53.8 Å². The molecule has 0 unspecified atom stereocenters. The smallest absolute Gasteiger partial charge is 0.244 e. The van der Waals surface area contributed by atoms with Gasteiger partial charge in [-0.3, -0.25) is 13.9 Å². The first-order valence-corrected chi connectivity index (χ1v) is 17.2. The lowest BCUT2D eigenvalue weighted by atomic mass is 9.94. The molecule has 1 N–H and O–H groups in total. The van der Waals surface area contributed by atoms with E-state index < -0.39 is 28.5 Å². The van der Waals surface area contributed by atoms with Gasteiger partial charge in [-0.2, -0.15) is 0 Å². The minimum atomic E-state index is -3.86. The van der Waals surface area contributed by atoms with Crippen molar-refractivity contribution in [3.63, 3.8) is 0 Å². The van der Waals surface area contributed by atoms with Crippen LogP contribution in [0, 0.1) is 13.8 Å². The van der Waals surface area contributed by atoms with Gasteiger partial charge in [-0.15, -0.1) is 0 Å². The summed E-state index contributed by atoms with van der Waals surface area (Å²) in [6.45, 7) is 3.19. The lowest BCUT2D eigenvalue weighted by Gasteiger charge is -2.35. The summed E-state index contributed by atoms with van der Waals surface area (Å²) in [6, 6.07) is 19.1. The van der Waals surface area contributed by atoms with Gasteiger partial charge in [0.1, 0.15) is 12.6 Å². The molecule has 3 aromatic rings. The summed E-state index contributed by atoms with van der Waals surface area (Å²) in [5.41, 5.74) is 3.47. The van der Waals surface area contributed by atoms with E-state index in [0.29, 0.717) is 26.9 Å². The van der Waals surface area contributed by atoms with Crippen molar-refractivity contribution in [2.45, 2.75) is 71.0 Å². The number of hydrogen-bond acceptors (Lipinski definition) is 4. The molecule has 43 heavy (non-hydrogen) atoms. The van der Waals surface area contributed by atoms with Gasteiger partial charge in [0.25, 0.3) is 0 Å². The van der Waals surface area contributed by atoms with Crippen molar-refractivity contribution in [1.82, 2.24) is 10.2 Å². The number of aryl methyl sites for hydroxylation is 2. The molecule has 4 rings (SSSR count). The molecule has 0 aliphatic heterocycles. The van der Waals surface area contributed by atoms with Crippen molar-refractivity contribution < 1.29 is 18.0 Å². The van der Waals surface area contributed by atoms with E-state index in [1.165, 1.54) is 4.90 Å². The lowest BCUT2D eigenvalue weighted by molar-refractivity contribution is -0.140. The average Bonchev–Trinajstić information content (AvgIpc) is 2.96. The van der Waals surface area contributed by atoms with E-state index in [4.69, 9.17) is 23.2 Å². The Morgan fingerprint density at radius 2 is 1.65 bits per heavy atom. The standard InChI is InChI=1S/C33H39Cl2N3O4S/c1-23-14-15-24(2)30(18-23)38(43(3,41)42)22-32(39)37(21-26-16-17-27(34)20-29(26)35)31(19-25-10-6-4-7-11-25)33(40)36-28-12-8-5-9-13-28/h4,6-7,10-11,14-18,20,28,31H,5,8-9,12-13,19,21-22H2,1-3H3,(H,36,40)/t31-/m0/s1. The number of amides is 2. The Kier molecular flexibility index (Phi) is 11.2. The third kappa shape index (κ3) is 8.97. The number of hydrogen-bond donors (Lipinski definition) is 1. The van der Waals surface area contributed by atoms with E-state index in [-0.39, 0.29) is 24.9 Å². The maximum atomic E-state index is 14.4. The van der Waals surface area contributed by atoms with Crippen LogP contribution in [0.1, 0.15) is 54.4 Å². The quantitative estimate of drug-likeness (QED) is 0.260. The van der Waals surface area contributed by atoms with Crippen LogP contribution in [0.25, 0.3) is 0 Å². The number of anilines is 1. The molecular weight excluding hydrogens is 605 g/mol. The highest BCUT2D eigenvalue weighted by Gasteiger charge is 2.34. The topological polar surface area (TPSA) is 86.8 Å². The van der Waals surface area contributed by atoms with Crippen LogP contribution in [0.15, 0.2) is 66.7 Å². The molecule has 1 saturated carbocycles. The molecule has 0 spiro atoms. The van der Waals surface area contributed by atoms with Crippen molar-refractivity contribution in [2.24, 2.45) is 0 Å². The molecule has 7 nitrogen and oxygen atoms in total. The third-order valence-electron chi connectivity index (χ3n) is 7.89. The third-order valence-corrected chi connectivity index (χ3v) is 9.60. The van der Waals surface area contributed by atoms with Crippen LogP contribution in [-0.4, -0.2) is 50.0 Å². The van der Waals surface area contributed by atoms with Crippen LogP contribution in [0.5, 0.6) is 0 Å². The van der Waals surface area contributed by atoms with E-state index in [9.17, 15) is 18.0 Å². The van der Waals surface area contributed by atoms with Gasteiger partial charge in [0.2, 0.25) is 21.8 Å². The Balaban J connectivity index is 1.76. The summed E-state index contributed by atoms with van der Waals surface area (Å²) in [6.07, 6.45) is 6.31. The normalized spacial score (nSPS) is 14.6. The molecular formula is C33H39Cl2N3O4S. The Bertz CT molecular complexity index is 1540. The fourth-order valence-electron chi connectivity index (χ4n) is 5.51. The molecule has 0 radical (unpaired) electrons. The van der Waals surface area contributed by atoms with E-state index in [1.54, 1.807) is 31.2 Å². The molecule has 0 bridgehead atoms. The Labute approximate surface area is 265 Å². The molecule has 1 aliphatic carbocycles. The zero-order chi connectivity index (χ0) is 31.1. The summed E-state index contributed by atoms with van der Waals surface area (Å²) < 4.78 is 27.3. The van der Waals surface area contributed by atoms with Gasteiger partial charge in [0.05, 0.1) is 11.9 Å². The highest BCUT2D eigenvalue weighted by atomic mass is 35.5. The van der Waals surface area contributed by atoms with Crippen LogP contribution in [0.2, 0.25) is 10.0 Å². The summed E-state index contributed by atoms with van der Waals surface area (Å²) in [7, 11) is -3.86. The summed E-state index contributed by atoms with van der Waals surface area (Å²) >= 11 is 12.7. The number of carbonyl (C=O) groups is 2. The predicted molar refractivity (Wildman–Crippen MR) is 174 cm³/mol. The van der Waals surface area contributed by atoms with Gasteiger partial charge >= 0.3 is 0 Å². The van der Waals surface area contributed by atoms with Gasteiger partial charge in [0.15, 0.2) is 0 Å². The summed E-state index contributed by atoms with van der Waals surface area (Å²) in [4.78, 5) is 29.9. The SMILES string of the molecule is Cc1ccc(C)c(N(CC(=O)N(Cc2ccc(Cl)cc2Cl)[C@@H](Cc2ccccc2)C(=O)NC2CCCCC2)S(C)(=O)=O)c1. The van der Waals surface area contributed by atoms with Crippen molar-refractivity contribution in [3.8, 4) is 0 Å². The van der Waals surface area contributed by atoms with E-state index in [1.807, 2.05) is 49.4 Å². The molecule has 0 aromatic heterocycles. The number of sulfonamides is 1. The summed E-state index contributed by atoms with van der Waals surface area (Å²) in [5.74, 6) is -0.788. The zero-order valence-electron chi connectivity index (χ0n) is 24.9. The first-order valence-electron chi connectivity index (χ1n) is 14.5. The Morgan fingerprint density at radius 1 is 0.953 bits per heavy atom. The zero-order valence-corrected chi connectivity index (χ0v) is 27.2. The number of nitrogens with one attached hydrogen (secondary N) is 1. The second kappa shape index (κ2) is 14.6. The van der Waals surface area contributed by atoms with Crippen LogP contribution < -0.4 is 9.62 Å². The Morgan fingerprint density at radius 3 is 2.30 bits per heavy atom. The second-order valence-electron chi connectivity index (χ2n) is 11.4. The number of carbonyl (C=O) groups excluding carboxylic acids is 2. The second-order valence-corrected chi connectivity index (χ2v) is 14.1. The van der Waals surface area contributed by atoms with Gasteiger partial charge in [-0.1, -0.05) is 91.0 Å². The number of benzene rings is 3. The molecule has 10 heteroatoms. The fourth-order valence-corrected chi connectivity index (χ4v) is 6.88. The van der Waals surface area contributed by atoms with Gasteiger partial charge < -0.3 is 10.2 Å². The maximum Gasteiger partial charge on any atom is 0.244 e. The lowest BCUT2D eigenvalue weighted by Crippen LogP contribution is -2.55. The van der Waals surface area contributed by atoms with Crippen molar-refractivity contribution >= 4 is 50.7 Å². The van der Waals surface area contributed by atoms with Crippen LogP contribution in [0.3, 0.4) is 0 Å². The van der Waals surface area contributed by atoms with Crippen LogP contribution >= 0.6 is 23.2 Å². The minimum absolute atomic E-state index is 0.00513. The van der Waals surface area contributed by atoms with Crippen molar-refractivity contribution in [3.05, 3.63) is 99.0 Å². The molecule has 0 heterocycles. The molecule has 230 valence electrons. The average molecular weight is 645 g/mol. The number of rotatable bonds is 11. The molecule has 2 amide bonds. The minimum Gasteiger partial charge on any atom is -0.352 e. The summed E-state index contributed by atoms with van der Waals surface area (Å²) in [5, 5.41) is 3.99.